The molecule has 3 rings (SSSR count). The summed E-state index contributed by atoms with van der Waals surface area (Å²) in [6.07, 6.45) is 3.12. The fraction of sp³-hybridized carbons (Fsp3) is 0.769. The molecule has 0 bridgehead atoms. The van der Waals surface area contributed by atoms with Gasteiger partial charge >= 0.3 is 0 Å². The van der Waals surface area contributed by atoms with Gasteiger partial charge in [-0.05, 0) is 51.6 Å². The van der Waals surface area contributed by atoms with Crippen LogP contribution in [-0.4, -0.2) is 49.1 Å². The lowest BCUT2D eigenvalue weighted by molar-refractivity contribution is 0.218. The molecular weight excluding hydrogens is 312 g/mol. The Hall–Kier alpha value is -0.630. The summed E-state index contributed by atoms with van der Waals surface area (Å²) in [6.45, 7) is 6.79. The number of rotatable bonds is 2. The maximum absolute atomic E-state index is 12.8. The van der Waals surface area contributed by atoms with Gasteiger partial charge in [-0.15, -0.1) is 12.4 Å². The lowest BCUT2D eigenvalue weighted by Crippen LogP contribution is -2.39. The van der Waals surface area contributed by atoms with Gasteiger partial charge in [0, 0.05) is 13.1 Å². The van der Waals surface area contributed by atoms with Gasteiger partial charge in [0.05, 0.1) is 11.4 Å². The van der Waals surface area contributed by atoms with Gasteiger partial charge in [-0.25, -0.2) is 8.42 Å². The first-order valence-corrected chi connectivity index (χ1v) is 8.61. The number of piperidine rings is 1. The molecule has 0 saturated carbocycles. The molecule has 2 saturated heterocycles. The predicted octanol–water partition coefficient (Wildman–Crippen LogP) is 1.21. The largest absolute Gasteiger partial charge is 0.317 e. The highest BCUT2D eigenvalue weighted by molar-refractivity contribution is 7.89. The van der Waals surface area contributed by atoms with Crippen molar-refractivity contribution >= 4 is 22.4 Å². The second-order valence-electron chi connectivity index (χ2n) is 6.10. The minimum Gasteiger partial charge on any atom is -0.317 e. The van der Waals surface area contributed by atoms with E-state index in [1.807, 2.05) is 0 Å². The van der Waals surface area contributed by atoms with Crippen LogP contribution in [0.2, 0.25) is 0 Å². The number of aromatic nitrogens is 2. The van der Waals surface area contributed by atoms with E-state index in [1.54, 1.807) is 18.2 Å². The van der Waals surface area contributed by atoms with Crippen molar-refractivity contribution in [1.29, 1.82) is 0 Å². The van der Waals surface area contributed by atoms with Gasteiger partial charge in [-0.3, -0.25) is 5.10 Å². The third-order valence-corrected chi connectivity index (χ3v) is 6.83. The summed E-state index contributed by atoms with van der Waals surface area (Å²) in [6, 6.07) is 0. The zero-order chi connectivity index (χ0) is 14.4. The first kappa shape index (κ1) is 16.7. The van der Waals surface area contributed by atoms with Crippen LogP contribution in [0.25, 0.3) is 0 Å². The van der Waals surface area contributed by atoms with E-state index in [1.165, 1.54) is 0 Å². The van der Waals surface area contributed by atoms with Crippen molar-refractivity contribution < 1.29 is 8.42 Å². The number of halogens is 1. The highest BCUT2D eigenvalue weighted by Gasteiger charge is 2.44. The summed E-state index contributed by atoms with van der Waals surface area (Å²) in [5.41, 5.74) is 1.38. The molecule has 0 unspecified atom stereocenters. The number of H-pyrrole nitrogens is 1. The van der Waals surface area contributed by atoms with Gasteiger partial charge in [0.25, 0.3) is 0 Å². The predicted molar refractivity (Wildman–Crippen MR) is 83.2 cm³/mol. The molecule has 0 atom stereocenters. The number of hydrogen-bond acceptors (Lipinski definition) is 4. The SMILES string of the molecule is Cc1n[nH]c(C)c1S(=O)(=O)N1CCC2(CCNCC2)C1.Cl. The highest BCUT2D eigenvalue weighted by Crippen LogP contribution is 2.41. The second-order valence-corrected chi connectivity index (χ2v) is 7.98. The molecule has 1 aromatic rings. The van der Waals surface area contributed by atoms with E-state index >= 15 is 0 Å². The fourth-order valence-electron chi connectivity index (χ4n) is 3.51. The van der Waals surface area contributed by atoms with Crippen molar-refractivity contribution in [2.24, 2.45) is 5.41 Å². The van der Waals surface area contributed by atoms with Crippen molar-refractivity contribution in [1.82, 2.24) is 19.8 Å². The van der Waals surface area contributed by atoms with Crippen LogP contribution < -0.4 is 5.32 Å². The van der Waals surface area contributed by atoms with Gasteiger partial charge in [-0.2, -0.15) is 9.40 Å². The number of aryl methyl sites for hydroxylation is 2. The molecule has 2 N–H and O–H groups in total. The third kappa shape index (κ3) is 2.84. The zero-order valence-corrected chi connectivity index (χ0v) is 14.1. The number of aromatic amines is 1. The van der Waals surface area contributed by atoms with Crippen molar-refractivity contribution in [3.8, 4) is 0 Å². The standard InChI is InChI=1S/C13H22N4O2S.ClH/c1-10-12(11(2)16-15-10)20(18,19)17-8-5-13(9-17)3-6-14-7-4-13;/h14H,3-9H2,1-2H3,(H,15,16);1H. The first-order valence-electron chi connectivity index (χ1n) is 7.17. The lowest BCUT2D eigenvalue weighted by atomic mass is 9.78. The van der Waals surface area contributed by atoms with Crippen LogP contribution >= 0.6 is 12.4 Å². The quantitative estimate of drug-likeness (QED) is 0.852. The van der Waals surface area contributed by atoms with Gasteiger partial charge in [0.15, 0.2) is 0 Å². The van der Waals surface area contributed by atoms with E-state index in [0.717, 1.165) is 32.4 Å². The number of sulfonamides is 1. The Morgan fingerprint density at radius 3 is 2.43 bits per heavy atom. The third-order valence-electron chi connectivity index (χ3n) is 4.73. The minimum absolute atomic E-state index is 0. The first-order chi connectivity index (χ1) is 9.45. The summed E-state index contributed by atoms with van der Waals surface area (Å²) < 4.78 is 27.3. The summed E-state index contributed by atoms with van der Waals surface area (Å²) >= 11 is 0. The second kappa shape index (κ2) is 5.87. The Balaban J connectivity index is 0.00000161. The summed E-state index contributed by atoms with van der Waals surface area (Å²) in [4.78, 5) is 0.364. The maximum Gasteiger partial charge on any atom is 0.246 e. The molecule has 21 heavy (non-hydrogen) atoms. The molecule has 0 radical (unpaired) electrons. The Morgan fingerprint density at radius 2 is 1.86 bits per heavy atom. The number of hydrogen-bond donors (Lipinski definition) is 2. The Kier molecular flexibility index (Phi) is 4.68. The molecule has 0 aliphatic carbocycles. The topological polar surface area (TPSA) is 78.1 Å². The summed E-state index contributed by atoms with van der Waals surface area (Å²) in [5.74, 6) is 0. The van der Waals surface area contributed by atoms with E-state index in [-0.39, 0.29) is 17.8 Å². The Labute approximate surface area is 132 Å². The number of nitrogens with one attached hydrogen (secondary N) is 2. The van der Waals surface area contributed by atoms with Gasteiger partial charge in [0.2, 0.25) is 10.0 Å². The normalized spacial score (nSPS) is 22.4. The highest BCUT2D eigenvalue weighted by atomic mass is 35.5. The van der Waals surface area contributed by atoms with Crippen molar-refractivity contribution in [3.05, 3.63) is 11.4 Å². The van der Waals surface area contributed by atoms with E-state index < -0.39 is 10.0 Å². The maximum atomic E-state index is 12.8. The van der Waals surface area contributed by atoms with Gasteiger partial charge in [-0.1, -0.05) is 0 Å². The molecule has 2 aliphatic rings. The monoisotopic (exact) mass is 334 g/mol. The zero-order valence-electron chi connectivity index (χ0n) is 12.5. The molecule has 120 valence electrons. The lowest BCUT2D eigenvalue weighted by Gasteiger charge is -2.33. The molecule has 0 aromatic carbocycles. The van der Waals surface area contributed by atoms with Crippen LogP contribution in [0.15, 0.2) is 4.90 Å². The van der Waals surface area contributed by atoms with Gasteiger partial charge < -0.3 is 5.32 Å². The average Bonchev–Trinajstić information content (AvgIpc) is 2.96. The van der Waals surface area contributed by atoms with E-state index in [9.17, 15) is 8.42 Å². The molecule has 2 aliphatic heterocycles. The number of nitrogens with zero attached hydrogens (tertiary/aromatic N) is 2. The molecule has 2 fully saturated rings. The summed E-state index contributed by atoms with van der Waals surface area (Å²) in [7, 11) is -3.41. The molecular formula is C13H23ClN4O2S. The van der Waals surface area contributed by atoms with Crippen molar-refractivity contribution in [3.63, 3.8) is 0 Å². The Morgan fingerprint density at radius 1 is 1.19 bits per heavy atom. The van der Waals surface area contributed by atoms with Crippen LogP contribution in [0, 0.1) is 19.3 Å². The molecule has 1 spiro atoms. The summed E-state index contributed by atoms with van der Waals surface area (Å²) in [5, 5.41) is 10.1. The van der Waals surface area contributed by atoms with Crippen molar-refractivity contribution in [2.45, 2.75) is 38.0 Å². The van der Waals surface area contributed by atoms with Crippen molar-refractivity contribution in [2.75, 3.05) is 26.2 Å². The average molecular weight is 335 g/mol. The molecule has 3 heterocycles. The molecule has 1 aromatic heterocycles. The van der Waals surface area contributed by atoms with E-state index in [2.05, 4.69) is 15.5 Å². The van der Waals surface area contributed by atoms with Gasteiger partial charge in [0.1, 0.15) is 4.90 Å². The fourth-order valence-corrected chi connectivity index (χ4v) is 5.40. The van der Waals surface area contributed by atoms with E-state index in [0.29, 0.717) is 29.4 Å². The van der Waals surface area contributed by atoms with Crippen LogP contribution in [0.1, 0.15) is 30.7 Å². The smallest absolute Gasteiger partial charge is 0.246 e. The molecule has 6 nitrogen and oxygen atoms in total. The molecule has 8 heteroatoms. The van der Waals surface area contributed by atoms with E-state index in [4.69, 9.17) is 0 Å². The Bertz CT molecular complexity index is 588. The van der Waals surface area contributed by atoms with Crippen LogP contribution in [0.4, 0.5) is 0 Å². The minimum atomic E-state index is -3.41. The molecule has 0 amide bonds. The van der Waals surface area contributed by atoms with Crippen LogP contribution in [0.5, 0.6) is 0 Å². The van der Waals surface area contributed by atoms with Crippen LogP contribution in [-0.2, 0) is 10.0 Å². The van der Waals surface area contributed by atoms with Crippen LogP contribution in [0.3, 0.4) is 0 Å².